The van der Waals surface area contributed by atoms with E-state index in [0.29, 0.717) is 22.8 Å². The van der Waals surface area contributed by atoms with Crippen LogP contribution in [0.3, 0.4) is 0 Å². The number of halogens is 1. The Morgan fingerprint density at radius 1 is 1.38 bits per heavy atom. The molecule has 1 unspecified atom stereocenters. The maximum atomic E-state index is 9.84. The predicted molar refractivity (Wildman–Crippen MR) is 65.8 cm³/mol. The van der Waals surface area contributed by atoms with Gasteiger partial charge in [0.15, 0.2) is 5.58 Å². The van der Waals surface area contributed by atoms with Crippen molar-refractivity contribution in [1.29, 1.82) is 0 Å². The van der Waals surface area contributed by atoms with Crippen LogP contribution >= 0.6 is 11.6 Å². The van der Waals surface area contributed by atoms with Crippen molar-refractivity contribution >= 4 is 22.6 Å². The third-order valence-corrected chi connectivity index (χ3v) is 2.91. The second-order valence-electron chi connectivity index (χ2n) is 4.12. The molecule has 1 aromatic carbocycles. The van der Waals surface area contributed by atoms with Gasteiger partial charge >= 0.3 is 0 Å². The van der Waals surface area contributed by atoms with Gasteiger partial charge in [-0.3, -0.25) is 0 Å². The first-order valence-electron chi connectivity index (χ1n) is 5.49. The zero-order valence-electron chi connectivity index (χ0n) is 9.46. The topological polar surface area (TPSA) is 33.4 Å². The number of aliphatic hydroxyl groups excluding tert-OH is 1. The van der Waals surface area contributed by atoms with Gasteiger partial charge in [0.25, 0.3) is 0 Å². The summed E-state index contributed by atoms with van der Waals surface area (Å²) < 4.78 is 5.59. The van der Waals surface area contributed by atoms with Crippen molar-refractivity contribution in [1.82, 2.24) is 0 Å². The van der Waals surface area contributed by atoms with E-state index < -0.39 is 6.10 Å². The number of hydrogen-bond donors (Lipinski definition) is 1. The highest BCUT2D eigenvalue weighted by Gasteiger charge is 2.14. The van der Waals surface area contributed by atoms with E-state index >= 15 is 0 Å². The van der Waals surface area contributed by atoms with Crippen molar-refractivity contribution in [3.8, 4) is 0 Å². The van der Waals surface area contributed by atoms with E-state index in [2.05, 4.69) is 0 Å². The van der Waals surface area contributed by atoms with Crippen molar-refractivity contribution in [2.75, 3.05) is 0 Å². The maximum absolute atomic E-state index is 9.84. The van der Waals surface area contributed by atoms with Crippen LogP contribution in [0.1, 0.15) is 37.2 Å². The van der Waals surface area contributed by atoms with Crippen molar-refractivity contribution in [2.45, 2.75) is 32.8 Å². The molecule has 1 aromatic heterocycles. The number of aliphatic hydroxyl groups is 1. The number of furan rings is 1. The smallest absolute Gasteiger partial charge is 0.153 e. The van der Waals surface area contributed by atoms with Gasteiger partial charge in [0.05, 0.1) is 5.02 Å². The Morgan fingerprint density at radius 3 is 2.81 bits per heavy atom. The summed E-state index contributed by atoms with van der Waals surface area (Å²) >= 11 is 6.08. The molecule has 0 saturated carbocycles. The normalized spacial score (nSPS) is 13.2. The van der Waals surface area contributed by atoms with Crippen LogP contribution < -0.4 is 0 Å². The molecule has 16 heavy (non-hydrogen) atoms. The first-order chi connectivity index (χ1) is 7.61. The van der Waals surface area contributed by atoms with Gasteiger partial charge in [-0.05, 0) is 37.1 Å². The van der Waals surface area contributed by atoms with E-state index in [1.54, 1.807) is 0 Å². The number of benzene rings is 1. The number of hydrogen-bond acceptors (Lipinski definition) is 2. The lowest BCUT2D eigenvalue weighted by atomic mass is 10.1. The molecule has 0 aliphatic carbocycles. The Hall–Kier alpha value is -0.990. The highest BCUT2D eigenvalue weighted by Crippen LogP contribution is 2.31. The Morgan fingerprint density at radius 2 is 2.12 bits per heavy atom. The number of rotatable bonds is 3. The lowest BCUT2D eigenvalue weighted by molar-refractivity contribution is 0.141. The third kappa shape index (κ3) is 2.08. The molecular weight excluding hydrogens is 224 g/mol. The monoisotopic (exact) mass is 238 g/mol. The van der Waals surface area contributed by atoms with Crippen LogP contribution in [0.15, 0.2) is 22.6 Å². The van der Waals surface area contributed by atoms with Crippen LogP contribution in [0.5, 0.6) is 0 Å². The largest absolute Gasteiger partial charge is 0.457 e. The van der Waals surface area contributed by atoms with Crippen LogP contribution in [0.4, 0.5) is 0 Å². The lowest BCUT2D eigenvalue weighted by Gasteiger charge is -2.03. The van der Waals surface area contributed by atoms with Crippen LogP contribution in [0, 0.1) is 6.92 Å². The average molecular weight is 239 g/mol. The molecule has 0 saturated heterocycles. The average Bonchev–Trinajstić information content (AvgIpc) is 2.62. The third-order valence-electron chi connectivity index (χ3n) is 2.62. The molecule has 2 nitrogen and oxygen atoms in total. The van der Waals surface area contributed by atoms with Gasteiger partial charge in [0.1, 0.15) is 11.9 Å². The van der Waals surface area contributed by atoms with E-state index in [0.717, 1.165) is 17.4 Å². The molecule has 0 bridgehead atoms. The quantitative estimate of drug-likeness (QED) is 0.868. The molecule has 2 rings (SSSR count). The molecule has 0 fully saturated rings. The van der Waals surface area contributed by atoms with Crippen molar-refractivity contribution < 1.29 is 9.52 Å². The van der Waals surface area contributed by atoms with Gasteiger partial charge < -0.3 is 9.52 Å². The molecule has 86 valence electrons. The molecule has 0 radical (unpaired) electrons. The molecule has 1 heterocycles. The van der Waals surface area contributed by atoms with E-state index in [-0.39, 0.29) is 0 Å². The second kappa shape index (κ2) is 4.48. The fourth-order valence-electron chi connectivity index (χ4n) is 1.85. The van der Waals surface area contributed by atoms with Crippen molar-refractivity contribution in [2.24, 2.45) is 0 Å². The summed E-state index contributed by atoms with van der Waals surface area (Å²) in [5.74, 6) is 0.601. The van der Waals surface area contributed by atoms with E-state index in [1.165, 1.54) is 0 Å². The zero-order valence-corrected chi connectivity index (χ0v) is 10.2. The molecule has 0 aliphatic heterocycles. The van der Waals surface area contributed by atoms with Crippen LogP contribution in [-0.2, 0) is 0 Å². The minimum absolute atomic E-state index is 0.534. The lowest BCUT2D eigenvalue weighted by Crippen LogP contribution is -1.93. The summed E-state index contributed by atoms with van der Waals surface area (Å²) in [6.07, 6.45) is 1.09. The Balaban J connectivity index is 2.47. The molecular formula is C13H15ClO2. The minimum atomic E-state index is -0.534. The molecule has 3 heteroatoms. The first-order valence-corrected chi connectivity index (χ1v) is 5.87. The minimum Gasteiger partial charge on any atom is -0.457 e. The zero-order chi connectivity index (χ0) is 11.7. The van der Waals surface area contributed by atoms with E-state index in [1.807, 2.05) is 32.0 Å². The first kappa shape index (κ1) is 11.5. The van der Waals surface area contributed by atoms with Gasteiger partial charge in [0.2, 0.25) is 0 Å². The highest BCUT2D eigenvalue weighted by molar-refractivity contribution is 6.34. The van der Waals surface area contributed by atoms with Gasteiger partial charge in [-0.25, -0.2) is 0 Å². The fraction of sp³-hybridized carbons (Fsp3) is 0.385. The molecule has 1 N–H and O–H groups in total. The van der Waals surface area contributed by atoms with Gasteiger partial charge in [0, 0.05) is 5.39 Å². The Bertz CT molecular complexity index is 502. The summed E-state index contributed by atoms with van der Waals surface area (Å²) in [6.45, 7) is 4.02. The molecule has 0 amide bonds. The summed E-state index contributed by atoms with van der Waals surface area (Å²) in [5, 5.41) is 11.4. The van der Waals surface area contributed by atoms with Crippen LogP contribution in [0.2, 0.25) is 5.02 Å². The standard InChI is InChI=1S/C13H15ClO2/c1-3-4-11(15)12-7-9-5-8(2)6-10(14)13(9)16-12/h5-7,11,15H,3-4H2,1-2H3. The molecule has 0 spiro atoms. The molecule has 2 aromatic rings. The summed E-state index contributed by atoms with van der Waals surface area (Å²) in [6, 6.07) is 5.74. The number of aryl methyl sites for hydroxylation is 1. The van der Waals surface area contributed by atoms with Crippen LogP contribution in [0.25, 0.3) is 11.0 Å². The number of fused-ring (bicyclic) bond motifs is 1. The Kier molecular flexibility index (Phi) is 3.22. The molecule has 1 atom stereocenters. The summed E-state index contributed by atoms with van der Waals surface area (Å²) in [5.41, 5.74) is 1.76. The fourth-order valence-corrected chi connectivity index (χ4v) is 2.17. The predicted octanol–water partition coefficient (Wildman–Crippen LogP) is 4.23. The van der Waals surface area contributed by atoms with Crippen LogP contribution in [-0.4, -0.2) is 5.11 Å². The second-order valence-corrected chi connectivity index (χ2v) is 4.53. The van der Waals surface area contributed by atoms with Gasteiger partial charge in [-0.1, -0.05) is 24.9 Å². The molecule has 0 aliphatic rings. The van der Waals surface area contributed by atoms with Crippen molar-refractivity contribution in [3.63, 3.8) is 0 Å². The van der Waals surface area contributed by atoms with Gasteiger partial charge in [-0.15, -0.1) is 0 Å². The van der Waals surface area contributed by atoms with Gasteiger partial charge in [-0.2, -0.15) is 0 Å². The van der Waals surface area contributed by atoms with E-state index in [9.17, 15) is 5.11 Å². The SMILES string of the molecule is CCCC(O)c1cc2cc(C)cc(Cl)c2o1. The summed E-state index contributed by atoms with van der Waals surface area (Å²) in [4.78, 5) is 0. The Labute approximate surface area is 99.8 Å². The van der Waals surface area contributed by atoms with E-state index in [4.69, 9.17) is 16.0 Å². The highest BCUT2D eigenvalue weighted by atomic mass is 35.5. The summed E-state index contributed by atoms with van der Waals surface area (Å²) in [7, 11) is 0. The van der Waals surface area contributed by atoms with Crippen molar-refractivity contribution in [3.05, 3.63) is 34.5 Å². The maximum Gasteiger partial charge on any atom is 0.153 e.